The molecule has 0 atom stereocenters. The number of aryl methyl sites for hydroxylation is 2. The Morgan fingerprint density at radius 2 is 2.00 bits per heavy atom. The molecule has 6 heteroatoms. The summed E-state index contributed by atoms with van der Waals surface area (Å²) in [6, 6.07) is 7.23. The Bertz CT molecular complexity index is 882. The average Bonchev–Trinajstić information content (AvgIpc) is 3.25. The minimum absolute atomic E-state index is 0.184. The number of hydrogen-bond donors (Lipinski definition) is 0. The monoisotopic (exact) mass is 383 g/mol. The third-order valence-electron chi connectivity index (χ3n) is 5.09. The van der Waals surface area contributed by atoms with E-state index < -0.39 is 0 Å². The van der Waals surface area contributed by atoms with Crippen LogP contribution in [-0.2, 0) is 19.6 Å². The Balaban J connectivity index is 1.75. The van der Waals surface area contributed by atoms with Gasteiger partial charge in [0.25, 0.3) is 0 Å². The zero-order chi connectivity index (χ0) is 20.1. The van der Waals surface area contributed by atoms with E-state index in [1.807, 2.05) is 18.6 Å². The van der Waals surface area contributed by atoms with Crippen LogP contribution in [0.5, 0.6) is 0 Å². The van der Waals surface area contributed by atoms with Gasteiger partial charge in [-0.05, 0) is 51.8 Å². The zero-order valence-electron chi connectivity index (χ0n) is 17.3. The van der Waals surface area contributed by atoms with E-state index in [2.05, 4.69) is 46.8 Å². The maximum Gasteiger partial charge on any atom is 0.123 e. The first kappa shape index (κ1) is 20.3. The van der Waals surface area contributed by atoms with Crippen LogP contribution in [0.3, 0.4) is 0 Å². The van der Waals surface area contributed by atoms with Gasteiger partial charge in [0.2, 0.25) is 0 Å². The van der Waals surface area contributed by atoms with Crippen molar-refractivity contribution in [3.63, 3.8) is 0 Å². The Labute approximate surface area is 166 Å². The van der Waals surface area contributed by atoms with Crippen LogP contribution >= 0.6 is 0 Å². The fourth-order valence-corrected chi connectivity index (χ4v) is 3.66. The zero-order valence-corrected chi connectivity index (χ0v) is 17.3. The molecule has 0 fully saturated rings. The van der Waals surface area contributed by atoms with Crippen molar-refractivity contribution < 1.29 is 4.39 Å². The SMILES string of the molecule is Cc1nn(C(C)C)c(C)c1CN(CCCn1ccnc1)Cc1cccc(F)c1. The molecule has 0 aliphatic carbocycles. The molecular weight excluding hydrogens is 353 g/mol. The molecule has 2 heterocycles. The number of benzene rings is 1. The maximum absolute atomic E-state index is 13.7. The molecule has 0 aliphatic heterocycles. The molecular formula is C22H30FN5. The summed E-state index contributed by atoms with van der Waals surface area (Å²) in [6.07, 6.45) is 6.63. The van der Waals surface area contributed by atoms with Gasteiger partial charge in [0.05, 0.1) is 12.0 Å². The largest absolute Gasteiger partial charge is 0.337 e. The van der Waals surface area contributed by atoms with Gasteiger partial charge in [-0.2, -0.15) is 5.10 Å². The molecule has 5 nitrogen and oxygen atoms in total. The summed E-state index contributed by atoms with van der Waals surface area (Å²) in [7, 11) is 0. The summed E-state index contributed by atoms with van der Waals surface area (Å²) in [5, 5.41) is 4.72. The number of hydrogen-bond acceptors (Lipinski definition) is 3. The summed E-state index contributed by atoms with van der Waals surface area (Å²) >= 11 is 0. The van der Waals surface area contributed by atoms with Crippen LogP contribution in [0, 0.1) is 19.7 Å². The van der Waals surface area contributed by atoms with E-state index in [0.717, 1.165) is 37.3 Å². The highest BCUT2D eigenvalue weighted by Crippen LogP contribution is 2.20. The lowest BCUT2D eigenvalue weighted by molar-refractivity contribution is 0.247. The molecule has 0 aliphatic rings. The second-order valence-corrected chi connectivity index (χ2v) is 7.68. The highest BCUT2D eigenvalue weighted by Gasteiger charge is 2.17. The number of imidazole rings is 1. The average molecular weight is 384 g/mol. The highest BCUT2D eigenvalue weighted by molar-refractivity contribution is 5.25. The van der Waals surface area contributed by atoms with Crippen molar-refractivity contribution in [1.29, 1.82) is 0 Å². The first-order chi connectivity index (χ1) is 13.4. The fraction of sp³-hybridized carbons (Fsp3) is 0.455. The molecule has 0 bridgehead atoms. The summed E-state index contributed by atoms with van der Waals surface area (Å²) < 4.78 is 17.8. The second-order valence-electron chi connectivity index (χ2n) is 7.68. The third-order valence-corrected chi connectivity index (χ3v) is 5.09. The van der Waals surface area contributed by atoms with Crippen LogP contribution in [-0.4, -0.2) is 30.8 Å². The van der Waals surface area contributed by atoms with Crippen molar-refractivity contribution in [3.8, 4) is 0 Å². The van der Waals surface area contributed by atoms with Crippen LogP contribution < -0.4 is 0 Å². The molecule has 28 heavy (non-hydrogen) atoms. The normalized spacial score (nSPS) is 11.7. The Hall–Kier alpha value is -2.47. The Morgan fingerprint density at radius 3 is 2.64 bits per heavy atom. The van der Waals surface area contributed by atoms with E-state index in [1.165, 1.54) is 17.3 Å². The van der Waals surface area contributed by atoms with E-state index in [1.54, 1.807) is 18.3 Å². The lowest BCUT2D eigenvalue weighted by Crippen LogP contribution is -2.25. The molecule has 0 N–H and O–H groups in total. The van der Waals surface area contributed by atoms with Crippen molar-refractivity contribution >= 4 is 0 Å². The minimum atomic E-state index is -0.184. The first-order valence-corrected chi connectivity index (χ1v) is 9.91. The molecule has 0 spiro atoms. The lowest BCUT2D eigenvalue weighted by Gasteiger charge is -2.23. The smallest absolute Gasteiger partial charge is 0.123 e. The summed E-state index contributed by atoms with van der Waals surface area (Å²) in [5.74, 6) is -0.184. The van der Waals surface area contributed by atoms with E-state index in [9.17, 15) is 4.39 Å². The van der Waals surface area contributed by atoms with Crippen LogP contribution in [0.15, 0.2) is 43.0 Å². The van der Waals surface area contributed by atoms with Crippen molar-refractivity contribution in [2.24, 2.45) is 0 Å². The van der Waals surface area contributed by atoms with E-state index in [0.29, 0.717) is 12.6 Å². The Morgan fingerprint density at radius 1 is 1.18 bits per heavy atom. The van der Waals surface area contributed by atoms with Gasteiger partial charge in [-0.15, -0.1) is 0 Å². The molecule has 2 aromatic heterocycles. The maximum atomic E-state index is 13.7. The van der Waals surface area contributed by atoms with Crippen LogP contribution in [0.25, 0.3) is 0 Å². The molecule has 0 saturated carbocycles. The lowest BCUT2D eigenvalue weighted by atomic mass is 10.1. The summed E-state index contributed by atoms with van der Waals surface area (Å²) in [6.45, 7) is 11.9. The molecule has 3 aromatic rings. The van der Waals surface area contributed by atoms with Crippen molar-refractivity contribution in [3.05, 3.63) is 71.3 Å². The summed E-state index contributed by atoms with van der Waals surface area (Å²) in [4.78, 5) is 6.49. The predicted molar refractivity (Wildman–Crippen MR) is 109 cm³/mol. The molecule has 0 saturated heterocycles. The van der Waals surface area contributed by atoms with Gasteiger partial charge in [-0.3, -0.25) is 9.58 Å². The van der Waals surface area contributed by atoms with Gasteiger partial charge in [0.1, 0.15) is 5.82 Å². The quantitative estimate of drug-likeness (QED) is 0.546. The van der Waals surface area contributed by atoms with Crippen LogP contribution in [0.1, 0.15) is 48.8 Å². The Kier molecular flexibility index (Phi) is 6.62. The van der Waals surface area contributed by atoms with Gasteiger partial charge in [-0.25, -0.2) is 9.37 Å². The van der Waals surface area contributed by atoms with E-state index >= 15 is 0 Å². The van der Waals surface area contributed by atoms with Gasteiger partial charge in [-0.1, -0.05) is 12.1 Å². The minimum Gasteiger partial charge on any atom is -0.337 e. The molecule has 0 amide bonds. The topological polar surface area (TPSA) is 38.9 Å². The standard InChI is InChI=1S/C22H30FN5/c1-17(2)28-19(4)22(18(3)25-28)15-27(11-6-10-26-12-9-24-16-26)14-20-7-5-8-21(23)13-20/h5,7-9,12-13,16-17H,6,10-11,14-15H2,1-4H3. The predicted octanol–water partition coefficient (Wildman–Crippen LogP) is 4.51. The van der Waals surface area contributed by atoms with Gasteiger partial charge in [0, 0.05) is 55.9 Å². The third kappa shape index (κ3) is 5.07. The van der Waals surface area contributed by atoms with Crippen molar-refractivity contribution in [2.45, 2.75) is 59.8 Å². The highest BCUT2D eigenvalue weighted by atomic mass is 19.1. The number of rotatable bonds is 9. The fourth-order valence-electron chi connectivity index (χ4n) is 3.66. The van der Waals surface area contributed by atoms with Gasteiger partial charge >= 0.3 is 0 Å². The first-order valence-electron chi connectivity index (χ1n) is 9.91. The van der Waals surface area contributed by atoms with Crippen LogP contribution in [0.4, 0.5) is 4.39 Å². The molecule has 1 aromatic carbocycles. The second kappa shape index (κ2) is 9.15. The molecule has 0 radical (unpaired) electrons. The number of nitrogens with zero attached hydrogens (tertiary/aromatic N) is 5. The molecule has 150 valence electrons. The van der Waals surface area contributed by atoms with Crippen molar-refractivity contribution in [2.75, 3.05) is 6.54 Å². The number of halogens is 1. The molecule has 0 unspecified atom stereocenters. The van der Waals surface area contributed by atoms with E-state index in [-0.39, 0.29) is 5.82 Å². The van der Waals surface area contributed by atoms with Crippen LogP contribution in [0.2, 0.25) is 0 Å². The van der Waals surface area contributed by atoms with Gasteiger partial charge < -0.3 is 4.57 Å². The summed E-state index contributed by atoms with van der Waals surface area (Å²) in [5.41, 5.74) is 4.55. The van der Waals surface area contributed by atoms with Crippen molar-refractivity contribution in [1.82, 2.24) is 24.2 Å². The molecule has 3 rings (SSSR count). The van der Waals surface area contributed by atoms with Gasteiger partial charge in [0.15, 0.2) is 0 Å². The number of aromatic nitrogens is 4. The van der Waals surface area contributed by atoms with E-state index in [4.69, 9.17) is 5.10 Å².